The molecule has 0 aliphatic rings. The minimum atomic E-state index is -0.581. The predicted molar refractivity (Wildman–Crippen MR) is 110 cm³/mol. The van der Waals surface area contributed by atoms with E-state index < -0.39 is 11.6 Å². The highest BCUT2D eigenvalue weighted by Crippen LogP contribution is 2.29. The number of halogens is 3. The molecule has 2 N–H and O–H groups in total. The minimum absolute atomic E-state index is 0. The van der Waals surface area contributed by atoms with E-state index in [0.717, 1.165) is 11.8 Å². The van der Waals surface area contributed by atoms with Crippen LogP contribution in [0.1, 0.15) is 5.56 Å². The monoisotopic (exact) mass is 477 g/mol. The van der Waals surface area contributed by atoms with Crippen LogP contribution in [-0.2, 0) is 6.42 Å². The van der Waals surface area contributed by atoms with Crippen LogP contribution in [0.4, 0.5) is 14.5 Å². The Morgan fingerprint density at radius 2 is 1.65 bits per heavy atom. The van der Waals surface area contributed by atoms with Crippen molar-refractivity contribution in [1.29, 1.82) is 0 Å². The molecule has 0 saturated carbocycles. The molecule has 0 aliphatic heterocycles. The highest BCUT2D eigenvalue weighted by Gasteiger charge is 2.06. The fraction of sp³-hybridized carbons (Fsp3) is 0.278. The molecule has 0 atom stereocenters. The summed E-state index contributed by atoms with van der Waals surface area (Å²) in [5, 5.41) is 6.21. The Hall–Kier alpha value is -2.10. The number of hydrogen-bond acceptors (Lipinski definition) is 3. The lowest BCUT2D eigenvalue weighted by Gasteiger charge is -2.14. The average Bonchev–Trinajstić information content (AvgIpc) is 2.59. The zero-order valence-corrected chi connectivity index (χ0v) is 17.1. The molecule has 0 aromatic heterocycles. The van der Waals surface area contributed by atoms with Crippen LogP contribution in [0.15, 0.2) is 41.4 Å². The normalized spacial score (nSPS) is 10.7. The number of hydrogen-bond donors (Lipinski definition) is 2. The number of rotatable bonds is 6. The number of nitrogens with zero attached hydrogens (tertiary/aromatic N) is 1. The van der Waals surface area contributed by atoms with Gasteiger partial charge in [-0.1, -0.05) is 0 Å². The second kappa shape index (κ2) is 10.8. The third-order valence-corrected chi connectivity index (χ3v) is 3.50. The summed E-state index contributed by atoms with van der Waals surface area (Å²) in [4.78, 5) is 4.12. The van der Waals surface area contributed by atoms with Crippen molar-refractivity contribution in [3.63, 3.8) is 0 Å². The van der Waals surface area contributed by atoms with Crippen LogP contribution in [-0.4, -0.2) is 33.8 Å². The van der Waals surface area contributed by atoms with Crippen molar-refractivity contribution in [2.75, 3.05) is 33.1 Å². The number of ether oxygens (including phenoxy) is 2. The first kappa shape index (κ1) is 21.9. The van der Waals surface area contributed by atoms with Crippen molar-refractivity contribution in [3.05, 3.63) is 53.6 Å². The van der Waals surface area contributed by atoms with Crippen LogP contribution >= 0.6 is 24.0 Å². The van der Waals surface area contributed by atoms with E-state index >= 15 is 0 Å². The van der Waals surface area contributed by atoms with Crippen molar-refractivity contribution in [1.82, 2.24) is 5.32 Å². The maximum absolute atomic E-state index is 13.2. The van der Waals surface area contributed by atoms with Crippen molar-refractivity contribution in [2.24, 2.45) is 4.99 Å². The molecule has 0 saturated heterocycles. The van der Waals surface area contributed by atoms with E-state index in [2.05, 4.69) is 15.6 Å². The largest absolute Gasteiger partial charge is 0.493 e. The summed E-state index contributed by atoms with van der Waals surface area (Å²) < 4.78 is 36.8. The van der Waals surface area contributed by atoms with E-state index in [4.69, 9.17) is 9.47 Å². The van der Waals surface area contributed by atoms with Crippen molar-refractivity contribution >= 4 is 35.6 Å². The summed E-state index contributed by atoms with van der Waals surface area (Å²) in [5.74, 6) is 0.595. The smallest absolute Gasteiger partial charge is 0.195 e. The van der Waals surface area contributed by atoms with Gasteiger partial charge in [0.2, 0.25) is 0 Å². The lowest BCUT2D eigenvalue weighted by molar-refractivity contribution is 0.355. The lowest BCUT2D eigenvalue weighted by Crippen LogP contribution is -2.32. The fourth-order valence-electron chi connectivity index (χ4n) is 2.31. The van der Waals surface area contributed by atoms with Gasteiger partial charge < -0.3 is 20.1 Å². The highest BCUT2D eigenvalue weighted by molar-refractivity contribution is 14.0. The molecule has 8 heteroatoms. The summed E-state index contributed by atoms with van der Waals surface area (Å²) in [6.07, 6.45) is 0.460. The molecule has 26 heavy (non-hydrogen) atoms. The summed E-state index contributed by atoms with van der Waals surface area (Å²) in [6.45, 7) is 0.468. The molecular weight excluding hydrogens is 455 g/mol. The maximum atomic E-state index is 13.2. The average molecular weight is 477 g/mol. The van der Waals surface area contributed by atoms with E-state index in [1.807, 2.05) is 6.07 Å². The summed E-state index contributed by atoms with van der Waals surface area (Å²) >= 11 is 0. The van der Waals surface area contributed by atoms with Crippen LogP contribution in [0.5, 0.6) is 11.5 Å². The molecule has 0 bridgehead atoms. The van der Waals surface area contributed by atoms with Crippen LogP contribution in [0.2, 0.25) is 0 Å². The number of anilines is 1. The Morgan fingerprint density at radius 1 is 1.00 bits per heavy atom. The number of methoxy groups -OCH3 is 2. The molecule has 5 nitrogen and oxygen atoms in total. The second-order valence-electron chi connectivity index (χ2n) is 5.22. The van der Waals surface area contributed by atoms with Gasteiger partial charge in [0.1, 0.15) is 11.6 Å². The van der Waals surface area contributed by atoms with Gasteiger partial charge in [-0.25, -0.2) is 8.78 Å². The third-order valence-electron chi connectivity index (χ3n) is 3.50. The zero-order valence-electron chi connectivity index (χ0n) is 14.8. The highest BCUT2D eigenvalue weighted by atomic mass is 127. The van der Waals surface area contributed by atoms with Gasteiger partial charge in [-0.15, -0.1) is 24.0 Å². The summed E-state index contributed by atoms with van der Waals surface area (Å²) in [5.41, 5.74) is 1.34. The number of nitrogens with one attached hydrogen (secondary N) is 2. The quantitative estimate of drug-likeness (QED) is 0.378. The van der Waals surface area contributed by atoms with Gasteiger partial charge in [0.25, 0.3) is 0 Å². The van der Waals surface area contributed by atoms with E-state index in [0.29, 0.717) is 36.0 Å². The Morgan fingerprint density at radius 3 is 2.23 bits per heavy atom. The van der Waals surface area contributed by atoms with Gasteiger partial charge in [-0.3, -0.25) is 4.99 Å². The molecule has 2 rings (SSSR count). The van der Waals surface area contributed by atoms with E-state index in [9.17, 15) is 8.78 Å². The van der Waals surface area contributed by atoms with E-state index in [1.165, 1.54) is 12.1 Å². The molecule has 0 heterocycles. The molecular formula is C18H22F2IN3O2. The predicted octanol–water partition coefficient (Wildman–Crippen LogP) is 3.83. The lowest BCUT2D eigenvalue weighted by atomic mass is 10.1. The summed E-state index contributed by atoms with van der Waals surface area (Å²) in [6, 6.07) is 8.88. The van der Waals surface area contributed by atoms with Gasteiger partial charge in [0.05, 0.1) is 14.2 Å². The van der Waals surface area contributed by atoms with Gasteiger partial charge >= 0.3 is 0 Å². The fourth-order valence-corrected chi connectivity index (χ4v) is 2.31. The van der Waals surface area contributed by atoms with Gasteiger partial charge in [0, 0.05) is 31.4 Å². The topological polar surface area (TPSA) is 54.9 Å². The van der Waals surface area contributed by atoms with E-state index in [-0.39, 0.29) is 24.0 Å². The third kappa shape index (κ3) is 6.32. The molecule has 0 aliphatic carbocycles. The molecule has 0 spiro atoms. The Kier molecular flexibility index (Phi) is 9.11. The van der Waals surface area contributed by atoms with Crippen molar-refractivity contribution in [2.45, 2.75) is 6.42 Å². The number of benzene rings is 2. The summed E-state index contributed by atoms with van der Waals surface area (Å²) in [7, 11) is 4.77. The standard InChI is InChI=1S/C18H21F2N3O2.HI/c1-21-18(22-7-6-12-8-13(19)10-14(20)9-12)23-15-4-5-16(24-2)17(11-15)25-3;/h4-5,8-11H,6-7H2,1-3H3,(H2,21,22,23);1H. The first-order chi connectivity index (χ1) is 12.0. The first-order valence-electron chi connectivity index (χ1n) is 7.70. The molecule has 142 valence electrons. The number of guanidine groups is 1. The molecule has 0 radical (unpaired) electrons. The molecule has 2 aromatic rings. The van der Waals surface area contributed by atoms with Crippen molar-refractivity contribution in [3.8, 4) is 11.5 Å². The SMILES string of the molecule is CN=C(NCCc1cc(F)cc(F)c1)Nc1ccc(OC)c(OC)c1.I. The van der Waals surface area contributed by atoms with Crippen molar-refractivity contribution < 1.29 is 18.3 Å². The molecule has 2 aromatic carbocycles. The minimum Gasteiger partial charge on any atom is -0.493 e. The van der Waals surface area contributed by atoms with Crippen LogP contribution in [0.3, 0.4) is 0 Å². The molecule has 0 unspecified atom stereocenters. The van der Waals surface area contributed by atoms with Crippen LogP contribution in [0, 0.1) is 11.6 Å². The number of aliphatic imine (C=N–C) groups is 1. The van der Waals surface area contributed by atoms with Gasteiger partial charge in [-0.2, -0.15) is 0 Å². The van der Waals surface area contributed by atoms with Gasteiger partial charge in [-0.05, 0) is 36.2 Å². The second-order valence-corrected chi connectivity index (χ2v) is 5.22. The Labute approximate surface area is 168 Å². The Bertz CT molecular complexity index is 737. The van der Waals surface area contributed by atoms with Crippen LogP contribution in [0.25, 0.3) is 0 Å². The van der Waals surface area contributed by atoms with Gasteiger partial charge in [0.15, 0.2) is 17.5 Å². The van der Waals surface area contributed by atoms with E-state index in [1.54, 1.807) is 33.4 Å². The molecule has 0 amide bonds. The van der Waals surface area contributed by atoms with Crippen LogP contribution < -0.4 is 20.1 Å². The first-order valence-corrected chi connectivity index (χ1v) is 7.70. The Balaban J connectivity index is 0.00000338. The molecule has 0 fully saturated rings. The zero-order chi connectivity index (χ0) is 18.2. The maximum Gasteiger partial charge on any atom is 0.195 e.